The highest BCUT2D eigenvalue weighted by Crippen LogP contribution is 2.28. The largest absolute Gasteiger partial charge is 0.459 e. The number of rotatable bonds is 4. The van der Waals surface area contributed by atoms with Gasteiger partial charge in [-0.15, -0.1) is 0 Å². The van der Waals surface area contributed by atoms with E-state index in [9.17, 15) is 0 Å². The first-order valence-corrected chi connectivity index (χ1v) is 6.40. The van der Waals surface area contributed by atoms with Gasteiger partial charge in [0.2, 0.25) is 0 Å². The fourth-order valence-electron chi connectivity index (χ4n) is 1.92. The topological polar surface area (TPSA) is 25.2 Å². The van der Waals surface area contributed by atoms with Crippen LogP contribution in [0, 0.1) is 0 Å². The molecular formula is C13H16BrNO. The van der Waals surface area contributed by atoms with E-state index in [0.717, 1.165) is 34.0 Å². The molecule has 1 aromatic heterocycles. The fourth-order valence-corrected chi connectivity index (χ4v) is 2.30. The predicted molar refractivity (Wildman–Crippen MR) is 70.6 cm³/mol. The Morgan fingerprint density at radius 1 is 1.38 bits per heavy atom. The van der Waals surface area contributed by atoms with Gasteiger partial charge in [0.15, 0.2) is 0 Å². The van der Waals surface area contributed by atoms with Gasteiger partial charge in [-0.2, -0.15) is 0 Å². The van der Waals surface area contributed by atoms with E-state index in [-0.39, 0.29) is 0 Å². The SMILES string of the molecule is CCCC(NC)c1cc2cc(Br)ccc2o1. The normalized spacial score (nSPS) is 13.2. The van der Waals surface area contributed by atoms with Gasteiger partial charge in [-0.05, 0) is 37.7 Å². The Labute approximate surface area is 104 Å². The molecule has 0 aliphatic rings. The van der Waals surface area contributed by atoms with E-state index in [2.05, 4.69) is 40.3 Å². The Kier molecular flexibility index (Phi) is 3.66. The first-order chi connectivity index (χ1) is 7.74. The smallest absolute Gasteiger partial charge is 0.134 e. The average Bonchev–Trinajstić information content (AvgIpc) is 2.68. The molecule has 3 heteroatoms. The van der Waals surface area contributed by atoms with Crippen LogP contribution in [0.2, 0.25) is 0 Å². The Balaban J connectivity index is 2.37. The molecule has 0 spiro atoms. The molecule has 0 saturated carbocycles. The minimum absolute atomic E-state index is 0.316. The Hall–Kier alpha value is -0.800. The van der Waals surface area contributed by atoms with Crippen molar-refractivity contribution in [2.24, 2.45) is 0 Å². The number of furan rings is 1. The second-order valence-corrected chi connectivity index (χ2v) is 4.88. The molecule has 1 unspecified atom stereocenters. The summed E-state index contributed by atoms with van der Waals surface area (Å²) in [5.74, 6) is 1.03. The summed E-state index contributed by atoms with van der Waals surface area (Å²) in [5.41, 5.74) is 0.953. The van der Waals surface area contributed by atoms with Gasteiger partial charge in [-0.25, -0.2) is 0 Å². The maximum Gasteiger partial charge on any atom is 0.134 e. The molecule has 0 aliphatic carbocycles. The molecule has 2 nitrogen and oxygen atoms in total. The zero-order valence-corrected chi connectivity index (χ0v) is 11.2. The van der Waals surface area contributed by atoms with Crippen LogP contribution in [0.1, 0.15) is 31.6 Å². The van der Waals surface area contributed by atoms with E-state index in [4.69, 9.17) is 4.42 Å². The van der Waals surface area contributed by atoms with Crippen LogP contribution in [0.25, 0.3) is 11.0 Å². The van der Waals surface area contributed by atoms with Crippen molar-refractivity contribution in [1.82, 2.24) is 5.32 Å². The predicted octanol–water partition coefficient (Wildman–Crippen LogP) is 4.26. The second-order valence-electron chi connectivity index (χ2n) is 3.96. The second kappa shape index (κ2) is 5.02. The Morgan fingerprint density at radius 2 is 2.19 bits per heavy atom. The van der Waals surface area contributed by atoms with Crippen molar-refractivity contribution >= 4 is 26.9 Å². The van der Waals surface area contributed by atoms with Crippen LogP contribution in [-0.2, 0) is 0 Å². The number of fused-ring (bicyclic) bond motifs is 1. The summed E-state index contributed by atoms with van der Waals surface area (Å²) >= 11 is 3.47. The molecule has 0 amide bonds. The molecule has 16 heavy (non-hydrogen) atoms. The first kappa shape index (κ1) is 11.7. The summed E-state index contributed by atoms with van der Waals surface area (Å²) in [6.45, 7) is 2.18. The zero-order chi connectivity index (χ0) is 11.5. The van der Waals surface area contributed by atoms with E-state index < -0.39 is 0 Å². The third-order valence-electron chi connectivity index (χ3n) is 2.77. The average molecular weight is 282 g/mol. The molecule has 0 aliphatic heterocycles. The van der Waals surface area contributed by atoms with Gasteiger partial charge in [0.1, 0.15) is 11.3 Å². The lowest BCUT2D eigenvalue weighted by molar-refractivity contribution is 0.430. The van der Waals surface area contributed by atoms with E-state index in [1.165, 1.54) is 0 Å². The van der Waals surface area contributed by atoms with Gasteiger partial charge < -0.3 is 9.73 Å². The van der Waals surface area contributed by atoms with Gasteiger partial charge in [-0.3, -0.25) is 0 Å². The van der Waals surface area contributed by atoms with Gasteiger partial charge >= 0.3 is 0 Å². The third-order valence-corrected chi connectivity index (χ3v) is 3.26. The Morgan fingerprint density at radius 3 is 2.88 bits per heavy atom. The minimum atomic E-state index is 0.316. The van der Waals surface area contributed by atoms with Crippen molar-refractivity contribution in [3.63, 3.8) is 0 Å². The molecular weight excluding hydrogens is 266 g/mol. The molecule has 0 saturated heterocycles. The summed E-state index contributed by atoms with van der Waals surface area (Å²) in [4.78, 5) is 0. The van der Waals surface area contributed by atoms with Crippen LogP contribution < -0.4 is 5.32 Å². The third kappa shape index (κ3) is 2.30. The fraction of sp³-hybridized carbons (Fsp3) is 0.385. The van der Waals surface area contributed by atoms with Crippen LogP contribution in [0.15, 0.2) is 33.2 Å². The lowest BCUT2D eigenvalue weighted by Gasteiger charge is -2.11. The number of hydrogen-bond acceptors (Lipinski definition) is 2. The van der Waals surface area contributed by atoms with Crippen LogP contribution in [0.3, 0.4) is 0 Å². The highest BCUT2D eigenvalue weighted by Gasteiger charge is 2.13. The highest BCUT2D eigenvalue weighted by atomic mass is 79.9. The minimum Gasteiger partial charge on any atom is -0.459 e. The van der Waals surface area contributed by atoms with Crippen LogP contribution >= 0.6 is 15.9 Å². The molecule has 86 valence electrons. The van der Waals surface area contributed by atoms with Crippen molar-refractivity contribution in [3.05, 3.63) is 34.5 Å². The lowest BCUT2D eigenvalue weighted by Crippen LogP contribution is -2.15. The molecule has 1 heterocycles. The molecule has 1 aromatic carbocycles. The molecule has 2 rings (SSSR count). The van der Waals surface area contributed by atoms with E-state index in [0.29, 0.717) is 6.04 Å². The molecule has 0 fully saturated rings. The van der Waals surface area contributed by atoms with Crippen molar-refractivity contribution in [3.8, 4) is 0 Å². The van der Waals surface area contributed by atoms with E-state index >= 15 is 0 Å². The van der Waals surface area contributed by atoms with Crippen LogP contribution in [0.4, 0.5) is 0 Å². The maximum atomic E-state index is 5.85. The summed E-state index contributed by atoms with van der Waals surface area (Å²) < 4.78 is 6.93. The van der Waals surface area contributed by atoms with Crippen LogP contribution in [0.5, 0.6) is 0 Å². The van der Waals surface area contributed by atoms with Crippen LogP contribution in [-0.4, -0.2) is 7.05 Å². The maximum absolute atomic E-state index is 5.85. The van der Waals surface area contributed by atoms with Crippen molar-refractivity contribution in [2.75, 3.05) is 7.05 Å². The van der Waals surface area contributed by atoms with Gasteiger partial charge in [0, 0.05) is 9.86 Å². The number of nitrogens with one attached hydrogen (secondary N) is 1. The molecule has 2 aromatic rings. The van der Waals surface area contributed by atoms with E-state index in [1.807, 2.05) is 19.2 Å². The van der Waals surface area contributed by atoms with Gasteiger partial charge in [0.05, 0.1) is 6.04 Å². The number of hydrogen-bond donors (Lipinski definition) is 1. The number of halogens is 1. The summed E-state index contributed by atoms with van der Waals surface area (Å²) in [6.07, 6.45) is 2.24. The van der Waals surface area contributed by atoms with E-state index in [1.54, 1.807) is 0 Å². The molecule has 0 bridgehead atoms. The lowest BCUT2D eigenvalue weighted by atomic mass is 10.1. The monoisotopic (exact) mass is 281 g/mol. The molecule has 1 atom stereocenters. The standard InChI is InChI=1S/C13H16BrNO/c1-3-4-11(15-2)13-8-9-7-10(14)5-6-12(9)16-13/h5-8,11,15H,3-4H2,1-2H3. The van der Waals surface area contributed by atoms with Crippen molar-refractivity contribution in [1.29, 1.82) is 0 Å². The first-order valence-electron chi connectivity index (χ1n) is 5.61. The summed E-state index contributed by atoms with van der Waals surface area (Å²) in [5, 5.41) is 4.44. The summed E-state index contributed by atoms with van der Waals surface area (Å²) in [7, 11) is 1.98. The quantitative estimate of drug-likeness (QED) is 0.906. The summed E-state index contributed by atoms with van der Waals surface area (Å²) in [6, 6.07) is 8.53. The van der Waals surface area contributed by atoms with Crippen molar-refractivity contribution in [2.45, 2.75) is 25.8 Å². The zero-order valence-electron chi connectivity index (χ0n) is 9.59. The van der Waals surface area contributed by atoms with Crippen molar-refractivity contribution < 1.29 is 4.42 Å². The van der Waals surface area contributed by atoms with Gasteiger partial charge in [-0.1, -0.05) is 29.3 Å². The molecule has 0 radical (unpaired) electrons. The highest BCUT2D eigenvalue weighted by molar-refractivity contribution is 9.10. The molecule has 1 N–H and O–H groups in total. The van der Waals surface area contributed by atoms with Gasteiger partial charge in [0.25, 0.3) is 0 Å². The Bertz CT molecular complexity index is 478. The number of benzene rings is 1.